The Morgan fingerprint density at radius 3 is 2.57 bits per heavy atom. The van der Waals surface area contributed by atoms with E-state index in [1.807, 2.05) is 0 Å². The topological polar surface area (TPSA) is 96.9 Å². The predicted octanol–water partition coefficient (Wildman–Crippen LogP) is 1.45. The number of benzene rings is 1. The monoisotopic (exact) mass is 299 g/mol. The molecule has 0 aliphatic carbocycles. The molecular formula is C13H15F2N3O3. The van der Waals surface area contributed by atoms with E-state index in [1.165, 1.54) is 6.07 Å². The molecule has 8 heteroatoms. The third-order valence-electron chi connectivity index (χ3n) is 3.56. The summed E-state index contributed by atoms with van der Waals surface area (Å²) in [6.07, 6.45) is 0.469. The zero-order valence-corrected chi connectivity index (χ0v) is 11.1. The number of rotatable bonds is 3. The van der Waals surface area contributed by atoms with Gasteiger partial charge in [-0.3, -0.25) is 4.79 Å². The fraction of sp³-hybridized carbons (Fsp3) is 0.385. The molecule has 114 valence electrons. The number of carbonyl (C=O) groups is 1. The molecule has 21 heavy (non-hydrogen) atoms. The lowest BCUT2D eigenvalue weighted by Crippen LogP contribution is -2.50. The van der Waals surface area contributed by atoms with E-state index in [1.54, 1.807) is 0 Å². The molecule has 0 bridgehead atoms. The molecule has 0 aromatic heterocycles. The van der Waals surface area contributed by atoms with E-state index in [9.17, 15) is 13.6 Å². The molecule has 1 aromatic carbocycles. The Morgan fingerprint density at radius 2 is 2.00 bits per heavy atom. The summed E-state index contributed by atoms with van der Waals surface area (Å²) in [5.41, 5.74) is 4.51. The van der Waals surface area contributed by atoms with Crippen LogP contribution in [0, 0.1) is 17.0 Å². The summed E-state index contributed by atoms with van der Waals surface area (Å²) in [5, 5.41) is 14.3. The Balaban J connectivity index is 2.24. The van der Waals surface area contributed by atoms with Crippen LogP contribution in [0.5, 0.6) is 0 Å². The van der Waals surface area contributed by atoms with Gasteiger partial charge in [-0.05, 0) is 25.0 Å². The first-order valence-electron chi connectivity index (χ1n) is 6.32. The second-order valence-corrected chi connectivity index (χ2v) is 4.76. The summed E-state index contributed by atoms with van der Waals surface area (Å²) in [6.45, 7) is 0.558. The molecule has 2 rings (SSSR count). The van der Waals surface area contributed by atoms with Crippen molar-refractivity contribution in [3.05, 3.63) is 29.8 Å². The van der Waals surface area contributed by atoms with Crippen LogP contribution >= 0.6 is 0 Å². The Morgan fingerprint density at radius 1 is 1.33 bits per heavy atom. The maximum atomic E-state index is 13.2. The van der Waals surface area contributed by atoms with Crippen LogP contribution in [0.1, 0.15) is 12.8 Å². The van der Waals surface area contributed by atoms with Gasteiger partial charge in [0.2, 0.25) is 5.91 Å². The largest absolute Gasteiger partial charge is 0.409 e. The van der Waals surface area contributed by atoms with E-state index in [0.29, 0.717) is 0 Å². The van der Waals surface area contributed by atoms with Crippen molar-refractivity contribution >= 4 is 17.4 Å². The molecule has 1 amide bonds. The lowest BCUT2D eigenvalue weighted by Gasteiger charge is -2.34. The molecule has 1 heterocycles. The third kappa shape index (κ3) is 2.94. The maximum Gasteiger partial charge on any atom is 0.238 e. The van der Waals surface area contributed by atoms with Gasteiger partial charge < -0.3 is 21.0 Å². The summed E-state index contributed by atoms with van der Waals surface area (Å²) < 4.78 is 31.2. The second kappa shape index (κ2) is 6.04. The zero-order chi connectivity index (χ0) is 15.5. The highest BCUT2D eigenvalue weighted by molar-refractivity contribution is 6.11. The summed E-state index contributed by atoms with van der Waals surface area (Å²) in [5.74, 6) is -2.86. The van der Waals surface area contributed by atoms with Crippen LogP contribution in [0.25, 0.3) is 0 Å². The standard InChI is InChI=1S/C13H15F2N3O3/c14-9-2-1-8(7-10(9)15)17-12(19)13(11(16)18-20)3-5-21-6-4-13/h1-2,7,20H,3-6H2,(H2,16,18)(H,17,19). The number of oxime groups is 1. The molecule has 0 saturated carbocycles. The molecule has 0 spiro atoms. The van der Waals surface area contributed by atoms with Crippen molar-refractivity contribution < 1.29 is 23.5 Å². The van der Waals surface area contributed by atoms with Crippen molar-refractivity contribution in [3.8, 4) is 0 Å². The second-order valence-electron chi connectivity index (χ2n) is 4.76. The number of halogens is 2. The minimum atomic E-state index is -1.22. The fourth-order valence-corrected chi connectivity index (χ4v) is 2.24. The van der Waals surface area contributed by atoms with E-state index < -0.39 is 23.0 Å². The first-order valence-corrected chi connectivity index (χ1v) is 6.32. The van der Waals surface area contributed by atoms with E-state index in [2.05, 4.69) is 10.5 Å². The molecule has 6 nitrogen and oxygen atoms in total. The summed E-state index contributed by atoms with van der Waals surface area (Å²) >= 11 is 0. The molecule has 0 radical (unpaired) electrons. The van der Waals surface area contributed by atoms with Gasteiger partial charge in [0.15, 0.2) is 17.5 Å². The van der Waals surface area contributed by atoms with Crippen molar-refractivity contribution in [2.45, 2.75) is 12.8 Å². The number of amidine groups is 1. The van der Waals surface area contributed by atoms with Crippen LogP contribution in [-0.2, 0) is 9.53 Å². The van der Waals surface area contributed by atoms with Crippen molar-refractivity contribution in [1.29, 1.82) is 0 Å². The Bertz CT molecular complexity index is 572. The van der Waals surface area contributed by atoms with Gasteiger partial charge in [-0.25, -0.2) is 8.78 Å². The average molecular weight is 299 g/mol. The number of anilines is 1. The smallest absolute Gasteiger partial charge is 0.238 e. The minimum Gasteiger partial charge on any atom is -0.409 e. The number of nitrogens with one attached hydrogen (secondary N) is 1. The van der Waals surface area contributed by atoms with E-state index in [4.69, 9.17) is 15.7 Å². The normalized spacial score (nSPS) is 18.3. The van der Waals surface area contributed by atoms with E-state index in [0.717, 1.165) is 12.1 Å². The highest BCUT2D eigenvalue weighted by atomic mass is 19.2. The number of amides is 1. The van der Waals surface area contributed by atoms with Crippen LogP contribution in [-0.4, -0.2) is 30.2 Å². The third-order valence-corrected chi connectivity index (χ3v) is 3.56. The highest BCUT2D eigenvalue weighted by Gasteiger charge is 2.44. The molecule has 0 unspecified atom stereocenters. The zero-order valence-electron chi connectivity index (χ0n) is 11.1. The fourth-order valence-electron chi connectivity index (χ4n) is 2.24. The Labute approximate surface area is 119 Å². The van der Waals surface area contributed by atoms with Gasteiger partial charge in [0.05, 0.1) is 0 Å². The highest BCUT2D eigenvalue weighted by Crippen LogP contribution is 2.32. The van der Waals surface area contributed by atoms with Gasteiger partial charge in [-0.2, -0.15) is 0 Å². The number of ether oxygens (including phenoxy) is 1. The predicted molar refractivity (Wildman–Crippen MR) is 70.9 cm³/mol. The quantitative estimate of drug-likeness (QED) is 0.340. The van der Waals surface area contributed by atoms with Crippen molar-refractivity contribution in [2.24, 2.45) is 16.3 Å². The van der Waals surface area contributed by atoms with Gasteiger partial charge in [-0.1, -0.05) is 5.16 Å². The van der Waals surface area contributed by atoms with Crippen molar-refractivity contribution in [3.63, 3.8) is 0 Å². The Kier molecular flexibility index (Phi) is 4.37. The number of nitrogens with two attached hydrogens (primary N) is 1. The first kappa shape index (κ1) is 15.2. The summed E-state index contributed by atoms with van der Waals surface area (Å²) in [4.78, 5) is 12.4. The summed E-state index contributed by atoms with van der Waals surface area (Å²) in [7, 11) is 0. The van der Waals surface area contributed by atoms with Crippen LogP contribution in [0.4, 0.5) is 14.5 Å². The molecule has 1 aromatic rings. The number of nitrogens with zero attached hydrogens (tertiary/aromatic N) is 1. The van der Waals surface area contributed by atoms with Gasteiger partial charge in [0.1, 0.15) is 5.41 Å². The number of hydrogen-bond donors (Lipinski definition) is 3. The molecule has 0 atom stereocenters. The van der Waals surface area contributed by atoms with Crippen LogP contribution in [0.15, 0.2) is 23.4 Å². The summed E-state index contributed by atoms with van der Waals surface area (Å²) in [6, 6.07) is 3.01. The SMILES string of the molecule is NC(=NO)C1(C(=O)Nc2ccc(F)c(F)c2)CCOCC1. The van der Waals surface area contributed by atoms with E-state index >= 15 is 0 Å². The van der Waals surface area contributed by atoms with Crippen molar-refractivity contribution in [1.82, 2.24) is 0 Å². The number of hydrogen-bond acceptors (Lipinski definition) is 4. The lowest BCUT2D eigenvalue weighted by atomic mass is 9.78. The van der Waals surface area contributed by atoms with E-state index in [-0.39, 0.29) is 37.6 Å². The Hall–Kier alpha value is -2.22. The van der Waals surface area contributed by atoms with Crippen molar-refractivity contribution in [2.75, 3.05) is 18.5 Å². The number of carbonyl (C=O) groups excluding carboxylic acids is 1. The van der Waals surface area contributed by atoms with Crippen LogP contribution in [0.2, 0.25) is 0 Å². The lowest BCUT2D eigenvalue weighted by molar-refractivity contribution is -0.126. The maximum absolute atomic E-state index is 13.2. The van der Waals surface area contributed by atoms with Gasteiger partial charge in [0, 0.05) is 25.0 Å². The van der Waals surface area contributed by atoms with Crippen LogP contribution in [0.3, 0.4) is 0 Å². The molecule has 1 fully saturated rings. The first-order chi connectivity index (χ1) is 9.99. The molecule has 1 aliphatic rings. The minimum absolute atomic E-state index is 0.0931. The molecule has 1 aliphatic heterocycles. The van der Waals surface area contributed by atoms with Crippen LogP contribution < -0.4 is 11.1 Å². The average Bonchev–Trinajstić information content (AvgIpc) is 2.50. The van der Waals surface area contributed by atoms with Gasteiger partial charge >= 0.3 is 0 Å². The van der Waals surface area contributed by atoms with Gasteiger partial charge in [0.25, 0.3) is 0 Å². The van der Waals surface area contributed by atoms with Gasteiger partial charge in [-0.15, -0.1) is 0 Å². The molecule has 1 saturated heterocycles. The molecule has 4 N–H and O–H groups in total. The molecular weight excluding hydrogens is 284 g/mol.